The second kappa shape index (κ2) is 8.20. The zero-order valence-corrected chi connectivity index (χ0v) is 16.1. The molecular weight excluding hydrogens is 382 g/mol. The van der Waals surface area contributed by atoms with E-state index < -0.39 is 36.7 Å². The second-order valence-corrected chi connectivity index (χ2v) is 6.88. The van der Waals surface area contributed by atoms with Crippen LogP contribution >= 0.6 is 0 Å². The van der Waals surface area contributed by atoms with Gasteiger partial charge >= 0.3 is 6.16 Å². The van der Waals surface area contributed by atoms with E-state index in [1.165, 1.54) is 16.9 Å². The highest BCUT2D eigenvalue weighted by molar-refractivity contribution is 5.66. The van der Waals surface area contributed by atoms with Crippen LogP contribution in [-0.2, 0) is 19.8 Å². The van der Waals surface area contributed by atoms with Crippen molar-refractivity contribution in [1.29, 1.82) is 5.26 Å². The minimum atomic E-state index is -1.94. The quantitative estimate of drug-likeness (QED) is 0.576. The number of carbonyl (C=O) groups is 1. The van der Waals surface area contributed by atoms with Crippen LogP contribution in [0.2, 0.25) is 0 Å². The van der Waals surface area contributed by atoms with Crippen molar-refractivity contribution in [3.05, 3.63) is 24.2 Å². The number of hydrogen-bond acceptors (Lipinski definition) is 10. The Balaban J connectivity index is 1.79. The van der Waals surface area contributed by atoms with Gasteiger partial charge in [0.2, 0.25) is 5.60 Å². The van der Waals surface area contributed by atoms with Crippen molar-refractivity contribution in [1.82, 2.24) is 14.6 Å². The van der Waals surface area contributed by atoms with Crippen LogP contribution in [0.1, 0.15) is 32.4 Å². The highest BCUT2D eigenvalue weighted by Crippen LogP contribution is 2.40. The molecule has 1 aliphatic heterocycles. The molecule has 2 aromatic heterocycles. The first-order valence-corrected chi connectivity index (χ1v) is 9.21. The summed E-state index contributed by atoms with van der Waals surface area (Å²) in [4.78, 5) is 15.7. The minimum absolute atomic E-state index is 0.164. The Morgan fingerprint density at radius 1 is 1.52 bits per heavy atom. The molecule has 11 heteroatoms. The number of nitriles is 1. The number of carbonyl (C=O) groups excluding carboxylic acids is 1. The van der Waals surface area contributed by atoms with Gasteiger partial charge in [-0.15, -0.1) is 0 Å². The molecule has 0 radical (unpaired) electrons. The summed E-state index contributed by atoms with van der Waals surface area (Å²) in [7, 11) is 0. The van der Waals surface area contributed by atoms with Gasteiger partial charge in [-0.1, -0.05) is 13.3 Å². The first-order valence-electron chi connectivity index (χ1n) is 9.21. The predicted molar refractivity (Wildman–Crippen MR) is 98.4 cm³/mol. The van der Waals surface area contributed by atoms with Crippen LogP contribution in [-0.4, -0.2) is 62.0 Å². The van der Waals surface area contributed by atoms with Gasteiger partial charge in [0, 0.05) is 0 Å². The Kier molecular flexibility index (Phi) is 5.88. The second-order valence-electron chi connectivity index (χ2n) is 6.88. The number of aromatic nitrogens is 3. The predicted octanol–water partition coefficient (Wildman–Crippen LogP) is 0.493. The van der Waals surface area contributed by atoms with Gasteiger partial charge in [0.15, 0.2) is 5.82 Å². The smallest absolute Gasteiger partial charge is 0.431 e. The Morgan fingerprint density at radius 3 is 2.97 bits per heavy atom. The van der Waals surface area contributed by atoms with Crippen molar-refractivity contribution in [2.24, 2.45) is 0 Å². The topological polar surface area (TPSA) is 165 Å². The number of nitrogen functional groups attached to an aromatic ring is 1. The number of rotatable bonds is 6. The Morgan fingerprint density at radius 2 is 2.28 bits per heavy atom. The highest BCUT2D eigenvalue weighted by atomic mass is 16.7. The SMILES string of the molecule is CCC[C@H](C)OC(=O)OC[C@H]1O[C@@](C#N)(c2ccc3c(N)ncnn23)[C@H](O)[C@@H]1O. The molecule has 156 valence electrons. The number of fused-ring (bicyclic) bond motifs is 1. The Bertz CT molecular complexity index is 927. The van der Waals surface area contributed by atoms with E-state index in [0.29, 0.717) is 11.9 Å². The lowest BCUT2D eigenvalue weighted by Gasteiger charge is -2.24. The summed E-state index contributed by atoms with van der Waals surface area (Å²) in [5, 5.41) is 34.9. The van der Waals surface area contributed by atoms with E-state index in [9.17, 15) is 20.3 Å². The first kappa shape index (κ1) is 20.8. The van der Waals surface area contributed by atoms with Crippen LogP contribution in [0.4, 0.5) is 10.6 Å². The van der Waals surface area contributed by atoms with Gasteiger partial charge in [-0.2, -0.15) is 10.4 Å². The van der Waals surface area contributed by atoms with Gasteiger partial charge < -0.3 is 30.2 Å². The fourth-order valence-corrected chi connectivity index (χ4v) is 3.36. The van der Waals surface area contributed by atoms with Crippen LogP contribution in [0.15, 0.2) is 18.5 Å². The van der Waals surface area contributed by atoms with E-state index in [4.69, 9.17) is 19.9 Å². The van der Waals surface area contributed by atoms with Crippen LogP contribution in [0.25, 0.3) is 5.52 Å². The van der Waals surface area contributed by atoms with Crippen molar-refractivity contribution < 1.29 is 29.2 Å². The Hall–Kier alpha value is -2.94. The fraction of sp³-hybridized carbons (Fsp3) is 0.556. The van der Waals surface area contributed by atoms with Gasteiger partial charge in [-0.3, -0.25) is 0 Å². The average Bonchev–Trinajstić information content (AvgIpc) is 3.23. The number of nitrogens with two attached hydrogens (primary N) is 1. The van der Waals surface area contributed by atoms with Gasteiger partial charge in [0.25, 0.3) is 0 Å². The van der Waals surface area contributed by atoms with Gasteiger partial charge in [-0.05, 0) is 25.5 Å². The van der Waals surface area contributed by atoms with Crippen molar-refractivity contribution in [2.45, 2.75) is 56.7 Å². The summed E-state index contributed by atoms with van der Waals surface area (Å²) in [6, 6.07) is 4.99. The molecule has 3 rings (SSSR count). The number of hydrogen-bond donors (Lipinski definition) is 3. The molecule has 0 bridgehead atoms. The van der Waals surface area contributed by atoms with E-state index in [-0.39, 0.29) is 17.6 Å². The molecule has 0 amide bonds. The molecule has 4 N–H and O–H groups in total. The molecular formula is C18H23N5O6. The third-order valence-electron chi connectivity index (χ3n) is 4.84. The van der Waals surface area contributed by atoms with Crippen molar-refractivity contribution in [3.8, 4) is 6.07 Å². The molecule has 2 aromatic rings. The lowest BCUT2D eigenvalue weighted by Crippen LogP contribution is -2.41. The molecule has 1 saturated heterocycles. The molecule has 0 aliphatic carbocycles. The molecule has 5 atom stereocenters. The van der Waals surface area contributed by atoms with Crippen molar-refractivity contribution in [3.63, 3.8) is 0 Å². The zero-order valence-electron chi connectivity index (χ0n) is 16.1. The molecule has 11 nitrogen and oxygen atoms in total. The zero-order chi connectivity index (χ0) is 21.2. The maximum atomic E-state index is 11.8. The Labute approximate surface area is 166 Å². The molecule has 3 heterocycles. The third kappa shape index (κ3) is 3.69. The monoisotopic (exact) mass is 405 g/mol. The molecule has 1 aliphatic rings. The maximum Gasteiger partial charge on any atom is 0.508 e. The first-order chi connectivity index (χ1) is 13.8. The fourth-order valence-electron chi connectivity index (χ4n) is 3.36. The van der Waals surface area contributed by atoms with E-state index >= 15 is 0 Å². The summed E-state index contributed by atoms with van der Waals surface area (Å²) < 4.78 is 17.1. The average molecular weight is 405 g/mol. The van der Waals surface area contributed by atoms with E-state index in [0.717, 1.165) is 6.42 Å². The number of anilines is 1. The number of aliphatic hydroxyl groups excluding tert-OH is 2. The molecule has 0 spiro atoms. The number of nitrogens with zero attached hydrogens (tertiary/aromatic N) is 4. The minimum Gasteiger partial charge on any atom is -0.431 e. The van der Waals surface area contributed by atoms with E-state index in [2.05, 4.69) is 10.1 Å². The van der Waals surface area contributed by atoms with Crippen LogP contribution in [0.5, 0.6) is 0 Å². The molecule has 0 aromatic carbocycles. The lowest BCUT2D eigenvalue weighted by atomic mass is 9.92. The summed E-state index contributed by atoms with van der Waals surface area (Å²) in [6.07, 6.45) is -2.77. The van der Waals surface area contributed by atoms with Crippen LogP contribution < -0.4 is 5.73 Å². The van der Waals surface area contributed by atoms with Crippen LogP contribution in [0, 0.1) is 11.3 Å². The van der Waals surface area contributed by atoms with Gasteiger partial charge in [0.1, 0.15) is 48.9 Å². The van der Waals surface area contributed by atoms with Gasteiger partial charge in [-0.25, -0.2) is 14.3 Å². The van der Waals surface area contributed by atoms with E-state index in [1.54, 1.807) is 13.0 Å². The van der Waals surface area contributed by atoms with Crippen molar-refractivity contribution in [2.75, 3.05) is 12.3 Å². The maximum absolute atomic E-state index is 11.8. The molecule has 0 unspecified atom stereocenters. The number of ether oxygens (including phenoxy) is 3. The third-order valence-corrected chi connectivity index (χ3v) is 4.84. The summed E-state index contributed by atoms with van der Waals surface area (Å²) in [5.41, 5.74) is 4.44. The van der Waals surface area contributed by atoms with Crippen molar-refractivity contribution >= 4 is 17.5 Å². The highest BCUT2D eigenvalue weighted by Gasteiger charge is 2.57. The molecule has 29 heavy (non-hydrogen) atoms. The van der Waals surface area contributed by atoms with E-state index in [1.807, 2.05) is 13.0 Å². The summed E-state index contributed by atoms with van der Waals surface area (Å²) in [6.45, 7) is 3.29. The lowest BCUT2D eigenvalue weighted by molar-refractivity contribution is -0.0744. The summed E-state index contributed by atoms with van der Waals surface area (Å²) in [5.74, 6) is 0.177. The normalized spacial score (nSPS) is 27.5. The van der Waals surface area contributed by atoms with Gasteiger partial charge in [0.05, 0.1) is 5.69 Å². The largest absolute Gasteiger partial charge is 0.508 e. The molecule has 1 fully saturated rings. The standard InChI is InChI=1S/C18H23N5O6/c1-3-4-10(2)28-17(26)27-7-12-14(24)15(25)18(8-19,29-12)13-6-5-11-16(20)21-9-22-23(11)13/h5-6,9-10,12,14-15,24-25H,3-4,7H2,1-2H3,(H2,20,21,22)/t10-,12+,14+,15+,18-/m0/s1. The summed E-state index contributed by atoms with van der Waals surface area (Å²) >= 11 is 0. The number of aliphatic hydroxyl groups is 2. The molecule has 0 saturated carbocycles. The van der Waals surface area contributed by atoms with Crippen LogP contribution in [0.3, 0.4) is 0 Å².